The predicted octanol–water partition coefficient (Wildman–Crippen LogP) is 6.08. The van der Waals surface area contributed by atoms with Crippen molar-refractivity contribution in [3.63, 3.8) is 0 Å². The fourth-order valence-corrected chi connectivity index (χ4v) is 4.58. The van der Waals surface area contributed by atoms with Crippen molar-refractivity contribution >= 4 is 11.7 Å². The highest BCUT2D eigenvalue weighted by atomic mass is 19.1. The van der Waals surface area contributed by atoms with Gasteiger partial charge in [-0.3, -0.25) is 0 Å². The first-order valence-electron chi connectivity index (χ1n) is 11.3. The summed E-state index contributed by atoms with van der Waals surface area (Å²) < 4.78 is 27.3. The number of aromatic nitrogens is 1. The second-order valence-corrected chi connectivity index (χ2v) is 8.47. The third kappa shape index (κ3) is 4.10. The zero-order chi connectivity index (χ0) is 24.5. The van der Waals surface area contributed by atoms with Crippen molar-refractivity contribution in [2.75, 3.05) is 19.5 Å². The van der Waals surface area contributed by atoms with E-state index in [9.17, 15) is 9.18 Å². The first-order valence-corrected chi connectivity index (χ1v) is 11.3. The Bertz CT molecular complexity index is 1400. The number of rotatable bonds is 4. The minimum absolute atomic E-state index is 0.336. The van der Waals surface area contributed by atoms with Crippen molar-refractivity contribution in [2.45, 2.75) is 19.5 Å². The number of carbonyl (C=O) groups excluding carboxylic acids is 1. The Morgan fingerprint density at radius 2 is 1.77 bits per heavy atom. The highest BCUT2D eigenvalue weighted by Gasteiger charge is 2.33. The van der Waals surface area contributed by atoms with E-state index in [1.807, 2.05) is 60.8 Å². The molecule has 1 atom stereocenters. The number of nitrogens with zero attached hydrogens (tertiary/aromatic N) is 2. The number of anilines is 1. The fourth-order valence-electron chi connectivity index (χ4n) is 4.58. The summed E-state index contributed by atoms with van der Waals surface area (Å²) in [6.45, 7) is 2.05. The van der Waals surface area contributed by atoms with E-state index in [0.717, 1.165) is 22.5 Å². The van der Waals surface area contributed by atoms with Crippen molar-refractivity contribution in [1.82, 2.24) is 9.47 Å². The maximum Gasteiger partial charge on any atom is 0.322 e. The van der Waals surface area contributed by atoms with Gasteiger partial charge in [-0.1, -0.05) is 30.3 Å². The summed E-state index contributed by atoms with van der Waals surface area (Å²) in [6, 6.07) is 21.6. The van der Waals surface area contributed by atoms with Gasteiger partial charge in [0.15, 0.2) is 11.5 Å². The van der Waals surface area contributed by atoms with Crippen LogP contribution in [0.4, 0.5) is 14.9 Å². The number of urea groups is 1. The molecule has 0 saturated carbocycles. The van der Waals surface area contributed by atoms with E-state index in [1.165, 1.54) is 6.07 Å². The molecule has 4 aromatic rings. The van der Waals surface area contributed by atoms with E-state index in [1.54, 1.807) is 38.2 Å². The Morgan fingerprint density at radius 1 is 0.971 bits per heavy atom. The van der Waals surface area contributed by atoms with Gasteiger partial charge in [-0.2, -0.15) is 0 Å². The van der Waals surface area contributed by atoms with Crippen LogP contribution in [-0.2, 0) is 6.54 Å². The Labute approximate surface area is 203 Å². The molecule has 1 aliphatic rings. The van der Waals surface area contributed by atoms with E-state index < -0.39 is 6.04 Å². The third-order valence-electron chi connectivity index (χ3n) is 6.37. The second-order valence-electron chi connectivity index (χ2n) is 8.47. The zero-order valence-corrected chi connectivity index (χ0v) is 19.8. The van der Waals surface area contributed by atoms with Gasteiger partial charge in [-0.05, 0) is 66.1 Å². The van der Waals surface area contributed by atoms with Crippen molar-refractivity contribution in [1.29, 1.82) is 0 Å². The molecule has 0 saturated heterocycles. The maximum absolute atomic E-state index is 14.2. The van der Waals surface area contributed by atoms with Gasteiger partial charge in [-0.15, -0.1) is 0 Å². The molecule has 1 aliphatic heterocycles. The number of nitrogens with one attached hydrogen (secondary N) is 1. The van der Waals surface area contributed by atoms with Crippen molar-refractivity contribution < 1.29 is 18.7 Å². The Hall–Kier alpha value is -4.26. The molecule has 0 radical (unpaired) electrons. The van der Waals surface area contributed by atoms with E-state index in [-0.39, 0.29) is 11.8 Å². The van der Waals surface area contributed by atoms with Crippen LogP contribution in [0.25, 0.3) is 5.69 Å². The maximum atomic E-state index is 14.2. The number of amides is 2. The Morgan fingerprint density at radius 3 is 2.54 bits per heavy atom. The van der Waals surface area contributed by atoms with E-state index in [2.05, 4.69) is 9.88 Å². The van der Waals surface area contributed by atoms with Gasteiger partial charge in [0.1, 0.15) is 5.82 Å². The smallest absolute Gasteiger partial charge is 0.322 e. The zero-order valence-electron chi connectivity index (χ0n) is 19.8. The average molecular weight is 472 g/mol. The van der Waals surface area contributed by atoms with Crippen molar-refractivity contribution in [2.24, 2.45) is 0 Å². The summed E-state index contributed by atoms with van der Waals surface area (Å²) in [6.07, 6.45) is 2.00. The molecule has 0 spiro atoms. The predicted molar refractivity (Wildman–Crippen MR) is 133 cm³/mol. The molecule has 6 nitrogen and oxygen atoms in total. The standard InChI is InChI=1S/C28H26FN3O3/c1-18-10-12-21(16-22(18)29)30-28(33)32-17-20-7-4-5-8-23(20)31-14-6-9-24(31)27(32)19-11-13-25(34-2)26(15-19)35-3/h4-16,27H,17H2,1-3H3,(H,30,33)/t27-/m0/s1. The van der Waals surface area contributed by atoms with Crippen LogP contribution in [0.1, 0.15) is 28.4 Å². The average Bonchev–Trinajstić information content (AvgIpc) is 3.30. The van der Waals surface area contributed by atoms with Gasteiger partial charge in [0.05, 0.1) is 32.5 Å². The lowest BCUT2D eigenvalue weighted by Crippen LogP contribution is -2.38. The molecule has 0 unspecified atom stereocenters. The van der Waals surface area contributed by atoms with Gasteiger partial charge in [0.25, 0.3) is 0 Å². The van der Waals surface area contributed by atoms with Crippen LogP contribution in [0.15, 0.2) is 79.0 Å². The summed E-state index contributed by atoms with van der Waals surface area (Å²) in [4.78, 5) is 15.5. The summed E-state index contributed by atoms with van der Waals surface area (Å²) in [5.41, 5.74) is 4.71. The van der Waals surface area contributed by atoms with Gasteiger partial charge in [0, 0.05) is 17.6 Å². The van der Waals surface area contributed by atoms with Crippen LogP contribution >= 0.6 is 0 Å². The summed E-state index contributed by atoms with van der Waals surface area (Å²) in [5, 5.41) is 2.89. The molecular weight excluding hydrogens is 445 g/mol. The number of hydrogen-bond donors (Lipinski definition) is 1. The van der Waals surface area contributed by atoms with Crippen molar-refractivity contribution in [3.05, 3.63) is 107 Å². The minimum Gasteiger partial charge on any atom is -0.493 e. The highest BCUT2D eigenvalue weighted by Crippen LogP contribution is 2.39. The highest BCUT2D eigenvalue weighted by molar-refractivity contribution is 5.90. The summed E-state index contributed by atoms with van der Waals surface area (Å²) in [7, 11) is 3.18. The number of aryl methyl sites for hydroxylation is 1. The second kappa shape index (κ2) is 9.18. The molecule has 1 aromatic heterocycles. The minimum atomic E-state index is -0.437. The lowest BCUT2D eigenvalue weighted by molar-refractivity contribution is 0.194. The molecule has 35 heavy (non-hydrogen) atoms. The van der Waals surface area contributed by atoms with Gasteiger partial charge in [-0.25, -0.2) is 9.18 Å². The van der Waals surface area contributed by atoms with Crippen LogP contribution in [0, 0.1) is 12.7 Å². The third-order valence-corrected chi connectivity index (χ3v) is 6.37. The summed E-state index contributed by atoms with van der Waals surface area (Å²) >= 11 is 0. The number of fused-ring (bicyclic) bond motifs is 3. The fraction of sp³-hybridized carbons (Fsp3) is 0.179. The molecule has 0 aliphatic carbocycles. The first-order chi connectivity index (χ1) is 17.0. The van der Waals surface area contributed by atoms with Crippen LogP contribution in [0.5, 0.6) is 11.5 Å². The SMILES string of the molecule is COc1ccc([C@H]2c3cccn3-c3ccccc3CN2C(=O)Nc2ccc(C)c(F)c2)cc1OC. The normalized spacial score (nSPS) is 14.5. The molecule has 3 aromatic carbocycles. The van der Waals surface area contributed by atoms with E-state index in [0.29, 0.717) is 29.3 Å². The lowest BCUT2D eigenvalue weighted by atomic mass is 10.0. The molecule has 5 rings (SSSR count). The van der Waals surface area contributed by atoms with Gasteiger partial charge >= 0.3 is 6.03 Å². The number of para-hydroxylation sites is 1. The molecule has 2 amide bonds. The number of carbonyl (C=O) groups is 1. The number of halogens is 1. The van der Waals surface area contributed by atoms with Crippen molar-refractivity contribution in [3.8, 4) is 17.2 Å². The molecule has 0 fully saturated rings. The molecule has 0 bridgehead atoms. The van der Waals surface area contributed by atoms with Gasteiger partial charge < -0.3 is 24.3 Å². The quantitative estimate of drug-likeness (QED) is 0.393. The van der Waals surface area contributed by atoms with E-state index in [4.69, 9.17) is 9.47 Å². The molecule has 7 heteroatoms. The van der Waals surface area contributed by atoms with Crippen LogP contribution in [0.2, 0.25) is 0 Å². The number of hydrogen-bond acceptors (Lipinski definition) is 3. The topological polar surface area (TPSA) is 55.7 Å². The number of ether oxygens (including phenoxy) is 2. The van der Waals surface area contributed by atoms with Crippen LogP contribution < -0.4 is 14.8 Å². The number of methoxy groups -OCH3 is 2. The van der Waals surface area contributed by atoms with Crippen LogP contribution in [0.3, 0.4) is 0 Å². The summed E-state index contributed by atoms with van der Waals surface area (Å²) in [5.74, 6) is 0.815. The first kappa shape index (κ1) is 22.5. The molecule has 178 valence electrons. The Kier molecular flexibility index (Phi) is 5.91. The van der Waals surface area contributed by atoms with Crippen LogP contribution in [-0.4, -0.2) is 29.7 Å². The molecule has 1 N–H and O–H groups in total. The number of benzene rings is 3. The monoisotopic (exact) mass is 471 g/mol. The van der Waals surface area contributed by atoms with Gasteiger partial charge in [0.2, 0.25) is 0 Å². The van der Waals surface area contributed by atoms with E-state index >= 15 is 0 Å². The largest absolute Gasteiger partial charge is 0.493 e. The molecule has 2 heterocycles. The Balaban J connectivity index is 1.64. The lowest BCUT2D eigenvalue weighted by Gasteiger charge is -2.31. The molecular formula is C28H26FN3O3.